The number of hydrogen-bond acceptors (Lipinski definition) is 4. The van der Waals surface area contributed by atoms with Gasteiger partial charge in [0.25, 0.3) is 0 Å². The first-order valence-corrected chi connectivity index (χ1v) is 7.82. The van der Waals surface area contributed by atoms with Crippen molar-refractivity contribution >= 4 is 23.6 Å². The van der Waals surface area contributed by atoms with E-state index >= 15 is 0 Å². The lowest BCUT2D eigenvalue weighted by molar-refractivity contribution is -0.134. The first-order valence-electron chi connectivity index (χ1n) is 6.83. The van der Waals surface area contributed by atoms with Crippen LogP contribution in [0.25, 0.3) is 0 Å². The molecule has 1 aromatic heterocycles. The fourth-order valence-corrected chi connectivity index (χ4v) is 4.30. The fourth-order valence-electron chi connectivity index (χ4n) is 2.96. The summed E-state index contributed by atoms with van der Waals surface area (Å²) in [6.45, 7) is 3.58. The van der Waals surface area contributed by atoms with Crippen LogP contribution < -0.4 is 0 Å². The highest BCUT2D eigenvalue weighted by Crippen LogP contribution is 2.45. The van der Waals surface area contributed by atoms with E-state index in [1.807, 2.05) is 21.9 Å². The number of carbonyl (C=O) groups excluding carboxylic acids is 2. The molecule has 2 aliphatic heterocycles. The fraction of sp³-hybridized carbons (Fsp3) is 0.571. The minimum Gasteiger partial charge on any atom is -0.467 e. The van der Waals surface area contributed by atoms with Gasteiger partial charge in [0.05, 0.1) is 23.4 Å². The Labute approximate surface area is 122 Å². The van der Waals surface area contributed by atoms with E-state index in [1.54, 1.807) is 24.9 Å². The normalized spacial score (nSPS) is 21.8. The Hall–Kier alpha value is -1.43. The van der Waals surface area contributed by atoms with Crippen LogP contribution in [0.5, 0.6) is 0 Å². The lowest BCUT2D eigenvalue weighted by atomic mass is 10.0. The molecule has 0 bridgehead atoms. The van der Waals surface area contributed by atoms with Crippen LogP contribution in [-0.4, -0.2) is 45.3 Å². The van der Waals surface area contributed by atoms with Gasteiger partial charge in [0.15, 0.2) is 0 Å². The molecule has 0 aliphatic carbocycles. The molecule has 0 radical (unpaired) electrons. The standard InChI is InChI=1S/C14H18N2O3S/c1-11(17)15-6-4-14(5-7-15)16(13(18)10-20-14)9-12-3-2-8-19-12/h2-3,8H,4-7,9-10H2,1H3. The van der Waals surface area contributed by atoms with Crippen LogP contribution in [0.15, 0.2) is 22.8 Å². The van der Waals surface area contributed by atoms with Crippen LogP contribution in [0.2, 0.25) is 0 Å². The van der Waals surface area contributed by atoms with E-state index < -0.39 is 0 Å². The summed E-state index contributed by atoms with van der Waals surface area (Å²) < 4.78 is 5.37. The molecule has 1 spiro atoms. The Morgan fingerprint density at radius 1 is 1.45 bits per heavy atom. The summed E-state index contributed by atoms with van der Waals surface area (Å²) >= 11 is 1.71. The van der Waals surface area contributed by atoms with Gasteiger partial charge in [0, 0.05) is 20.0 Å². The van der Waals surface area contributed by atoms with Crippen LogP contribution in [0.4, 0.5) is 0 Å². The summed E-state index contributed by atoms with van der Waals surface area (Å²) in [4.78, 5) is 27.2. The average molecular weight is 294 g/mol. The van der Waals surface area contributed by atoms with Crippen molar-refractivity contribution in [1.29, 1.82) is 0 Å². The molecule has 20 heavy (non-hydrogen) atoms. The Bertz CT molecular complexity index is 506. The molecule has 2 amide bonds. The molecule has 3 heterocycles. The molecule has 3 rings (SSSR count). The average Bonchev–Trinajstić information content (AvgIpc) is 3.04. The summed E-state index contributed by atoms with van der Waals surface area (Å²) in [7, 11) is 0. The predicted molar refractivity (Wildman–Crippen MR) is 75.9 cm³/mol. The van der Waals surface area contributed by atoms with Gasteiger partial charge in [0.1, 0.15) is 5.76 Å². The lowest BCUT2D eigenvalue weighted by Crippen LogP contribution is -2.52. The van der Waals surface area contributed by atoms with Gasteiger partial charge in [0.2, 0.25) is 11.8 Å². The molecule has 1 aromatic rings. The minimum atomic E-state index is -0.157. The van der Waals surface area contributed by atoms with Gasteiger partial charge in [-0.2, -0.15) is 0 Å². The Kier molecular flexibility index (Phi) is 3.50. The molecule has 0 aromatic carbocycles. The molecule has 108 valence electrons. The smallest absolute Gasteiger partial charge is 0.234 e. The second kappa shape index (κ2) is 5.16. The first-order chi connectivity index (χ1) is 9.61. The third kappa shape index (κ3) is 2.32. The number of hydrogen-bond donors (Lipinski definition) is 0. The van der Waals surface area contributed by atoms with Crippen LogP contribution in [-0.2, 0) is 16.1 Å². The number of carbonyl (C=O) groups is 2. The molecule has 6 heteroatoms. The molecular formula is C14H18N2O3S. The zero-order valence-corrected chi connectivity index (χ0v) is 12.3. The van der Waals surface area contributed by atoms with Crippen molar-refractivity contribution < 1.29 is 14.0 Å². The van der Waals surface area contributed by atoms with Crippen molar-refractivity contribution in [2.75, 3.05) is 18.8 Å². The number of rotatable bonds is 2. The Balaban J connectivity index is 1.74. The Morgan fingerprint density at radius 3 is 2.80 bits per heavy atom. The van der Waals surface area contributed by atoms with Crippen LogP contribution in [0, 0.1) is 0 Å². The topological polar surface area (TPSA) is 53.8 Å². The van der Waals surface area contributed by atoms with Gasteiger partial charge in [-0.25, -0.2) is 0 Å². The van der Waals surface area contributed by atoms with Crippen molar-refractivity contribution in [3.63, 3.8) is 0 Å². The van der Waals surface area contributed by atoms with Gasteiger partial charge >= 0.3 is 0 Å². The number of nitrogens with zero attached hydrogens (tertiary/aromatic N) is 2. The second-order valence-corrected chi connectivity index (χ2v) is 6.64. The molecule has 2 saturated heterocycles. The number of likely N-dealkylation sites (tertiary alicyclic amines) is 1. The van der Waals surface area contributed by atoms with E-state index in [4.69, 9.17) is 4.42 Å². The second-order valence-electron chi connectivity index (χ2n) is 5.30. The lowest BCUT2D eigenvalue weighted by Gasteiger charge is -2.43. The highest BCUT2D eigenvalue weighted by Gasteiger charge is 2.48. The summed E-state index contributed by atoms with van der Waals surface area (Å²) in [5.41, 5.74) is 0. The summed E-state index contributed by atoms with van der Waals surface area (Å²) in [6, 6.07) is 3.74. The maximum atomic E-state index is 12.2. The number of furan rings is 1. The van der Waals surface area contributed by atoms with Crippen LogP contribution in [0.1, 0.15) is 25.5 Å². The molecule has 2 fully saturated rings. The van der Waals surface area contributed by atoms with Crippen molar-refractivity contribution in [3.8, 4) is 0 Å². The molecular weight excluding hydrogens is 276 g/mol. The highest BCUT2D eigenvalue weighted by atomic mass is 32.2. The number of amides is 2. The first kappa shape index (κ1) is 13.5. The van der Waals surface area contributed by atoms with Crippen LogP contribution in [0.3, 0.4) is 0 Å². The van der Waals surface area contributed by atoms with Gasteiger partial charge in [-0.15, -0.1) is 11.8 Å². The van der Waals surface area contributed by atoms with Gasteiger partial charge < -0.3 is 14.2 Å². The summed E-state index contributed by atoms with van der Waals surface area (Å²) in [6.07, 6.45) is 3.31. The van der Waals surface area contributed by atoms with E-state index in [0.29, 0.717) is 12.3 Å². The largest absolute Gasteiger partial charge is 0.467 e. The van der Waals surface area contributed by atoms with E-state index in [1.165, 1.54) is 0 Å². The molecule has 0 unspecified atom stereocenters. The minimum absolute atomic E-state index is 0.117. The summed E-state index contributed by atoms with van der Waals surface area (Å²) in [5, 5.41) is 0. The monoisotopic (exact) mass is 294 g/mol. The van der Waals surface area contributed by atoms with Crippen molar-refractivity contribution in [2.45, 2.75) is 31.2 Å². The third-order valence-corrected chi connectivity index (χ3v) is 5.70. The third-order valence-electron chi connectivity index (χ3n) is 4.14. The highest BCUT2D eigenvalue weighted by molar-refractivity contribution is 8.01. The number of thioether (sulfide) groups is 1. The number of piperidine rings is 1. The zero-order chi connectivity index (χ0) is 14.2. The maximum Gasteiger partial charge on any atom is 0.234 e. The Morgan fingerprint density at radius 2 is 2.20 bits per heavy atom. The SMILES string of the molecule is CC(=O)N1CCC2(CC1)SCC(=O)N2Cc1ccco1. The van der Waals surface area contributed by atoms with Gasteiger partial charge in [-0.05, 0) is 25.0 Å². The zero-order valence-electron chi connectivity index (χ0n) is 11.5. The van der Waals surface area contributed by atoms with Crippen molar-refractivity contribution in [1.82, 2.24) is 9.80 Å². The predicted octanol–water partition coefficient (Wildman–Crippen LogP) is 1.69. The van der Waals surface area contributed by atoms with Gasteiger partial charge in [-0.1, -0.05) is 0 Å². The molecule has 0 atom stereocenters. The molecule has 0 N–H and O–H groups in total. The van der Waals surface area contributed by atoms with E-state index in [9.17, 15) is 9.59 Å². The maximum absolute atomic E-state index is 12.2. The van der Waals surface area contributed by atoms with Crippen molar-refractivity contribution in [3.05, 3.63) is 24.2 Å². The quantitative estimate of drug-likeness (QED) is 0.833. The van der Waals surface area contributed by atoms with E-state index in [2.05, 4.69) is 0 Å². The van der Waals surface area contributed by atoms with E-state index in [-0.39, 0.29) is 16.7 Å². The molecule has 0 saturated carbocycles. The van der Waals surface area contributed by atoms with E-state index in [0.717, 1.165) is 31.7 Å². The van der Waals surface area contributed by atoms with Crippen LogP contribution >= 0.6 is 11.8 Å². The van der Waals surface area contributed by atoms with Gasteiger partial charge in [-0.3, -0.25) is 9.59 Å². The molecule has 2 aliphatic rings. The molecule has 5 nitrogen and oxygen atoms in total. The summed E-state index contributed by atoms with van der Waals surface area (Å²) in [5.74, 6) is 1.63. The van der Waals surface area contributed by atoms with Crippen molar-refractivity contribution in [2.24, 2.45) is 0 Å².